The number of fused-ring (bicyclic) bond motifs is 1. The van der Waals surface area contributed by atoms with E-state index in [2.05, 4.69) is 4.90 Å². The van der Waals surface area contributed by atoms with Gasteiger partial charge in [0, 0.05) is 39.3 Å². The van der Waals surface area contributed by atoms with Crippen LogP contribution in [-0.4, -0.2) is 65.3 Å². The Morgan fingerprint density at radius 2 is 1.67 bits per heavy atom. The van der Waals surface area contributed by atoms with Gasteiger partial charge in [-0.25, -0.2) is 8.78 Å². The van der Waals surface area contributed by atoms with Crippen molar-refractivity contribution in [3.8, 4) is 0 Å². The maximum absolute atomic E-state index is 13.4. The summed E-state index contributed by atoms with van der Waals surface area (Å²) in [7, 11) is 0. The van der Waals surface area contributed by atoms with Crippen LogP contribution < -0.4 is 0 Å². The maximum Gasteiger partial charge on any atom is 0.240 e. The predicted molar refractivity (Wildman–Crippen MR) is 108 cm³/mol. The number of hydrogen-bond donors (Lipinski definition) is 0. The number of carbonyl (C=O) groups excluding carboxylic acids is 2. The summed E-state index contributed by atoms with van der Waals surface area (Å²) in [6.07, 6.45) is 0.737. The summed E-state index contributed by atoms with van der Waals surface area (Å²) in [5.74, 6) is -0.622. The number of amides is 2. The molecule has 0 aromatic heterocycles. The molecule has 5 nitrogen and oxygen atoms in total. The molecule has 2 fully saturated rings. The van der Waals surface area contributed by atoms with Crippen LogP contribution in [0.15, 0.2) is 48.5 Å². The molecule has 0 bridgehead atoms. The van der Waals surface area contributed by atoms with Crippen LogP contribution in [0, 0.1) is 11.6 Å². The Labute approximate surface area is 174 Å². The van der Waals surface area contributed by atoms with E-state index in [-0.39, 0.29) is 35.9 Å². The highest BCUT2D eigenvalue weighted by molar-refractivity contribution is 5.83. The molecule has 2 saturated heterocycles. The van der Waals surface area contributed by atoms with E-state index in [4.69, 9.17) is 0 Å². The van der Waals surface area contributed by atoms with E-state index in [0.29, 0.717) is 44.7 Å². The van der Waals surface area contributed by atoms with E-state index < -0.39 is 0 Å². The third-order valence-electron chi connectivity index (χ3n) is 5.91. The van der Waals surface area contributed by atoms with E-state index in [1.54, 1.807) is 29.2 Å². The fourth-order valence-electron chi connectivity index (χ4n) is 4.24. The molecular weight excluding hydrogens is 388 g/mol. The molecule has 1 atom stereocenters. The normalized spacial score (nSPS) is 20.1. The van der Waals surface area contributed by atoms with E-state index in [1.165, 1.54) is 24.3 Å². The first-order valence-electron chi connectivity index (χ1n) is 10.3. The SMILES string of the molecule is O=C(Cc1cccc(F)c1)N1CCC2C(=O)N(Cc3ccc(F)cc3)CCN2CC1. The molecule has 2 aliphatic rings. The summed E-state index contributed by atoms with van der Waals surface area (Å²) in [5.41, 5.74) is 1.56. The largest absolute Gasteiger partial charge is 0.341 e. The van der Waals surface area contributed by atoms with Crippen molar-refractivity contribution in [3.05, 3.63) is 71.3 Å². The Balaban J connectivity index is 1.37. The van der Waals surface area contributed by atoms with Gasteiger partial charge in [-0.05, 0) is 41.8 Å². The zero-order valence-electron chi connectivity index (χ0n) is 16.8. The zero-order valence-corrected chi connectivity index (χ0v) is 16.8. The third kappa shape index (κ3) is 4.67. The van der Waals surface area contributed by atoms with Gasteiger partial charge in [-0.3, -0.25) is 14.5 Å². The Hall–Kier alpha value is -2.80. The van der Waals surface area contributed by atoms with Gasteiger partial charge in [0.25, 0.3) is 0 Å². The van der Waals surface area contributed by atoms with Gasteiger partial charge in [-0.1, -0.05) is 24.3 Å². The van der Waals surface area contributed by atoms with Gasteiger partial charge in [0.05, 0.1) is 12.5 Å². The molecule has 2 amide bonds. The molecule has 4 rings (SSSR count). The van der Waals surface area contributed by atoms with E-state index in [0.717, 1.165) is 12.1 Å². The van der Waals surface area contributed by atoms with Crippen LogP contribution in [0.25, 0.3) is 0 Å². The molecule has 30 heavy (non-hydrogen) atoms. The van der Waals surface area contributed by atoms with Gasteiger partial charge in [-0.15, -0.1) is 0 Å². The van der Waals surface area contributed by atoms with Crippen LogP contribution in [0.4, 0.5) is 8.78 Å². The third-order valence-corrected chi connectivity index (χ3v) is 5.91. The molecular formula is C23H25F2N3O2. The molecule has 2 heterocycles. The monoisotopic (exact) mass is 413 g/mol. The highest BCUT2D eigenvalue weighted by Crippen LogP contribution is 2.20. The number of carbonyl (C=O) groups is 2. The van der Waals surface area contributed by atoms with Crippen LogP contribution in [0.5, 0.6) is 0 Å². The van der Waals surface area contributed by atoms with Crippen LogP contribution in [-0.2, 0) is 22.6 Å². The topological polar surface area (TPSA) is 43.9 Å². The van der Waals surface area contributed by atoms with Crippen molar-refractivity contribution in [2.45, 2.75) is 25.4 Å². The second-order valence-corrected chi connectivity index (χ2v) is 7.91. The van der Waals surface area contributed by atoms with Gasteiger partial charge in [0.2, 0.25) is 11.8 Å². The molecule has 0 spiro atoms. The summed E-state index contributed by atoms with van der Waals surface area (Å²) >= 11 is 0. The van der Waals surface area contributed by atoms with Crippen molar-refractivity contribution in [2.24, 2.45) is 0 Å². The lowest BCUT2D eigenvalue weighted by molar-refractivity contribution is -0.142. The number of nitrogens with zero attached hydrogens (tertiary/aromatic N) is 3. The summed E-state index contributed by atoms with van der Waals surface area (Å²) < 4.78 is 26.5. The van der Waals surface area contributed by atoms with Crippen LogP contribution >= 0.6 is 0 Å². The highest BCUT2D eigenvalue weighted by atomic mass is 19.1. The summed E-state index contributed by atoms with van der Waals surface area (Å²) in [6, 6.07) is 12.1. The smallest absolute Gasteiger partial charge is 0.240 e. The number of halogens is 2. The quantitative estimate of drug-likeness (QED) is 0.774. The lowest BCUT2D eigenvalue weighted by Gasteiger charge is -2.39. The van der Waals surface area contributed by atoms with Gasteiger partial charge in [-0.2, -0.15) is 0 Å². The summed E-state index contributed by atoms with van der Waals surface area (Å²) in [5, 5.41) is 0. The predicted octanol–water partition coefficient (Wildman–Crippen LogP) is 2.45. The van der Waals surface area contributed by atoms with Crippen molar-refractivity contribution in [3.63, 3.8) is 0 Å². The standard InChI is InChI=1S/C23H25F2N3O2/c24-19-6-4-17(5-7-19)16-28-13-11-26-10-12-27(9-8-21(26)23(28)30)22(29)15-18-2-1-3-20(25)14-18/h1-7,14,21H,8-13,15-16H2. The van der Waals surface area contributed by atoms with Crippen LogP contribution in [0.3, 0.4) is 0 Å². The first kappa shape index (κ1) is 20.5. The van der Waals surface area contributed by atoms with Crippen molar-refractivity contribution in [1.82, 2.24) is 14.7 Å². The van der Waals surface area contributed by atoms with Gasteiger partial charge >= 0.3 is 0 Å². The molecule has 2 aromatic rings. The fraction of sp³-hybridized carbons (Fsp3) is 0.391. The number of hydrogen-bond acceptors (Lipinski definition) is 3. The Kier molecular flexibility index (Phi) is 6.08. The Bertz CT molecular complexity index is 919. The maximum atomic E-state index is 13.4. The van der Waals surface area contributed by atoms with Crippen molar-refractivity contribution in [1.29, 1.82) is 0 Å². The van der Waals surface area contributed by atoms with Crippen LogP contribution in [0.1, 0.15) is 17.5 Å². The second-order valence-electron chi connectivity index (χ2n) is 7.91. The second kappa shape index (κ2) is 8.92. The molecule has 158 valence electrons. The van der Waals surface area contributed by atoms with Gasteiger partial charge < -0.3 is 9.80 Å². The molecule has 2 aromatic carbocycles. The van der Waals surface area contributed by atoms with Gasteiger partial charge in [0.15, 0.2) is 0 Å². The molecule has 0 saturated carbocycles. The van der Waals surface area contributed by atoms with Crippen molar-refractivity contribution >= 4 is 11.8 Å². The fourth-order valence-corrected chi connectivity index (χ4v) is 4.24. The molecule has 1 unspecified atom stereocenters. The minimum Gasteiger partial charge on any atom is -0.341 e. The Morgan fingerprint density at radius 1 is 0.900 bits per heavy atom. The van der Waals surface area contributed by atoms with Crippen molar-refractivity contribution in [2.75, 3.05) is 32.7 Å². The number of benzene rings is 2. The summed E-state index contributed by atoms with van der Waals surface area (Å²) in [4.78, 5) is 31.5. The minimum atomic E-state index is -0.347. The van der Waals surface area contributed by atoms with Gasteiger partial charge in [0.1, 0.15) is 11.6 Å². The molecule has 2 aliphatic heterocycles. The lowest BCUT2D eigenvalue weighted by Crippen LogP contribution is -2.56. The molecule has 7 heteroatoms. The number of piperazine rings is 1. The Morgan fingerprint density at radius 3 is 2.43 bits per heavy atom. The van der Waals surface area contributed by atoms with Crippen molar-refractivity contribution < 1.29 is 18.4 Å². The summed E-state index contributed by atoms with van der Waals surface area (Å²) in [6.45, 7) is 3.55. The first-order valence-corrected chi connectivity index (χ1v) is 10.3. The molecule has 0 aliphatic carbocycles. The lowest BCUT2D eigenvalue weighted by atomic mass is 10.1. The first-order chi connectivity index (χ1) is 14.5. The molecule has 0 radical (unpaired) electrons. The minimum absolute atomic E-state index is 0.0453. The van der Waals surface area contributed by atoms with E-state index >= 15 is 0 Å². The highest BCUT2D eigenvalue weighted by Gasteiger charge is 2.37. The number of rotatable bonds is 4. The average molecular weight is 413 g/mol. The van der Waals surface area contributed by atoms with E-state index in [1.807, 2.05) is 4.90 Å². The van der Waals surface area contributed by atoms with E-state index in [9.17, 15) is 18.4 Å². The zero-order chi connectivity index (χ0) is 21.1. The average Bonchev–Trinajstić information content (AvgIpc) is 2.95. The van der Waals surface area contributed by atoms with Crippen LogP contribution in [0.2, 0.25) is 0 Å². The molecule has 0 N–H and O–H groups in total.